The molecule has 0 spiro atoms. The third-order valence-electron chi connectivity index (χ3n) is 4.51. The maximum Gasteiger partial charge on any atom is 0.269 e. The second-order valence-corrected chi connectivity index (χ2v) is 8.52. The van der Waals surface area contributed by atoms with Gasteiger partial charge in [0.15, 0.2) is 0 Å². The molecule has 0 saturated carbocycles. The molecular formula is C17H19ClN3O4S+. The van der Waals surface area contributed by atoms with Gasteiger partial charge in [-0.05, 0) is 18.2 Å². The zero-order chi connectivity index (χ0) is 18.7. The van der Waals surface area contributed by atoms with Gasteiger partial charge in [-0.1, -0.05) is 29.8 Å². The summed E-state index contributed by atoms with van der Waals surface area (Å²) < 4.78 is 26.9. The fourth-order valence-electron chi connectivity index (χ4n) is 3.02. The highest BCUT2D eigenvalue weighted by atomic mass is 35.5. The van der Waals surface area contributed by atoms with E-state index in [1.54, 1.807) is 0 Å². The molecule has 0 atom stereocenters. The molecule has 3 rings (SSSR count). The van der Waals surface area contributed by atoms with Crippen molar-refractivity contribution in [1.29, 1.82) is 0 Å². The van der Waals surface area contributed by atoms with E-state index in [4.69, 9.17) is 11.6 Å². The van der Waals surface area contributed by atoms with Gasteiger partial charge < -0.3 is 4.90 Å². The molecule has 1 aliphatic rings. The molecule has 2 aromatic carbocycles. The summed E-state index contributed by atoms with van der Waals surface area (Å²) in [6, 6.07) is 12.7. The molecule has 1 saturated heterocycles. The zero-order valence-corrected chi connectivity index (χ0v) is 15.5. The van der Waals surface area contributed by atoms with Crippen LogP contribution in [-0.4, -0.2) is 43.8 Å². The third kappa shape index (κ3) is 4.04. The van der Waals surface area contributed by atoms with Crippen molar-refractivity contribution in [1.82, 2.24) is 4.31 Å². The minimum Gasteiger partial charge on any atom is -0.329 e. The lowest BCUT2D eigenvalue weighted by Gasteiger charge is -2.31. The Balaban J connectivity index is 1.65. The smallest absolute Gasteiger partial charge is 0.269 e. The molecule has 1 N–H and O–H groups in total. The van der Waals surface area contributed by atoms with E-state index in [2.05, 4.69) is 0 Å². The Hall–Kier alpha value is -2.00. The first-order chi connectivity index (χ1) is 12.4. The first-order valence-electron chi connectivity index (χ1n) is 8.19. The van der Waals surface area contributed by atoms with Crippen LogP contribution in [0.1, 0.15) is 5.56 Å². The number of nitro groups is 1. The van der Waals surface area contributed by atoms with Crippen LogP contribution in [0.4, 0.5) is 5.69 Å². The average molecular weight is 397 g/mol. The minimum atomic E-state index is -3.64. The predicted molar refractivity (Wildman–Crippen MR) is 97.7 cm³/mol. The van der Waals surface area contributed by atoms with E-state index in [1.165, 1.54) is 33.5 Å². The number of sulfonamides is 1. The van der Waals surface area contributed by atoms with Gasteiger partial charge in [0, 0.05) is 22.7 Å². The fraction of sp³-hybridized carbons (Fsp3) is 0.294. The molecule has 9 heteroatoms. The van der Waals surface area contributed by atoms with Crippen LogP contribution in [0.5, 0.6) is 0 Å². The van der Waals surface area contributed by atoms with Crippen LogP contribution in [0.25, 0.3) is 0 Å². The normalized spacial score (nSPS) is 16.5. The highest BCUT2D eigenvalue weighted by molar-refractivity contribution is 7.89. The fourth-order valence-corrected chi connectivity index (χ4v) is 4.66. The van der Waals surface area contributed by atoms with E-state index in [0.717, 1.165) is 17.1 Å². The summed E-state index contributed by atoms with van der Waals surface area (Å²) in [7, 11) is -3.64. The maximum absolute atomic E-state index is 12.7. The quantitative estimate of drug-likeness (QED) is 0.610. The Kier molecular flexibility index (Phi) is 5.57. The van der Waals surface area contributed by atoms with Gasteiger partial charge in [-0.15, -0.1) is 0 Å². The molecule has 0 unspecified atom stereocenters. The molecule has 26 heavy (non-hydrogen) atoms. The Bertz CT molecular complexity index is 894. The van der Waals surface area contributed by atoms with Gasteiger partial charge in [0.1, 0.15) is 6.54 Å². The summed E-state index contributed by atoms with van der Waals surface area (Å²) >= 11 is 6.19. The summed E-state index contributed by atoms with van der Waals surface area (Å²) in [6.45, 7) is 2.91. The number of nitrogens with zero attached hydrogens (tertiary/aromatic N) is 2. The van der Waals surface area contributed by atoms with Crippen molar-refractivity contribution < 1.29 is 18.2 Å². The second kappa shape index (κ2) is 7.71. The van der Waals surface area contributed by atoms with E-state index >= 15 is 0 Å². The van der Waals surface area contributed by atoms with Crippen LogP contribution in [0, 0.1) is 10.1 Å². The highest BCUT2D eigenvalue weighted by Gasteiger charge is 2.30. The lowest BCUT2D eigenvalue weighted by molar-refractivity contribution is -0.917. The Labute approximate surface area is 157 Å². The molecule has 0 aromatic heterocycles. The van der Waals surface area contributed by atoms with Gasteiger partial charge in [-0.2, -0.15) is 4.31 Å². The van der Waals surface area contributed by atoms with E-state index in [-0.39, 0.29) is 10.6 Å². The van der Waals surface area contributed by atoms with Gasteiger partial charge >= 0.3 is 0 Å². The van der Waals surface area contributed by atoms with Crippen LogP contribution in [0.2, 0.25) is 5.02 Å². The molecule has 7 nitrogen and oxygen atoms in total. The van der Waals surface area contributed by atoms with Gasteiger partial charge in [0.25, 0.3) is 5.69 Å². The molecule has 0 radical (unpaired) electrons. The Morgan fingerprint density at radius 3 is 2.27 bits per heavy atom. The predicted octanol–water partition coefficient (Wildman–Crippen LogP) is 1.34. The number of benzene rings is 2. The van der Waals surface area contributed by atoms with Crippen molar-refractivity contribution >= 4 is 27.3 Å². The van der Waals surface area contributed by atoms with Gasteiger partial charge in [0.2, 0.25) is 10.0 Å². The summed E-state index contributed by atoms with van der Waals surface area (Å²) in [5.41, 5.74) is 0.925. The molecule has 1 fully saturated rings. The molecule has 2 aromatic rings. The first-order valence-corrected chi connectivity index (χ1v) is 10.0. The lowest BCUT2D eigenvalue weighted by Crippen LogP contribution is -3.13. The monoisotopic (exact) mass is 396 g/mol. The van der Waals surface area contributed by atoms with Crippen LogP contribution < -0.4 is 4.90 Å². The Morgan fingerprint density at radius 1 is 1.08 bits per heavy atom. The van der Waals surface area contributed by atoms with Crippen LogP contribution >= 0.6 is 11.6 Å². The number of rotatable bonds is 5. The van der Waals surface area contributed by atoms with Crippen molar-refractivity contribution in [2.24, 2.45) is 0 Å². The number of non-ortho nitro benzene ring substituents is 1. The standard InChI is InChI=1S/C17H18ClN3O4S/c18-17-4-2-1-3-14(17)13-19-9-11-20(12-10-19)26(24,25)16-7-5-15(6-8-16)21(22)23/h1-8H,9-13H2/p+1. The summed E-state index contributed by atoms with van der Waals surface area (Å²) in [6.07, 6.45) is 0. The van der Waals surface area contributed by atoms with Crippen molar-refractivity contribution in [3.63, 3.8) is 0 Å². The number of piperazine rings is 1. The zero-order valence-electron chi connectivity index (χ0n) is 14.0. The molecule has 138 valence electrons. The van der Waals surface area contributed by atoms with Gasteiger partial charge in [0.05, 0.1) is 36.0 Å². The van der Waals surface area contributed by atoms with E-state index < -0.39 is 14.9 Å². The molecule has 1 heterocycles. The number of quaternary nitrogens is 1. The lowest BCUT2D eigenvalue weighted by atomic mass is 10.2. The number of hydrogen-bond acceptors (Lipinski definition) is 4. The van der Waals surface area contributed by atoms with E-state index in [0.29, 0.717) is 26.2 Å². The topological polar surface area (TPSA) is 85.0 Å². The van der Waals surface area contributed by atoms with Gasteiger partial charge in [-0.3, -0.25) is 10.1 Å². The first kappa shape index (κ1) is 18.8. The van der Waals surface area contributed by atoms with Crippen molar-refractivity contribution in [2.45, 2.75) is 11.4 Å². The minimum absolute atomic E-state index is 0.0812. The van der Waals surface area contributed by atoms with Crippen molar-refractivity contribution in [3.8, 4) is 0 Å². The molecule has 0 amide bonds. The van der Waals surface area contributed by atoms with Gasteiger partial charge in [-0.25, -0.2) is 8.42 Å². The molecule has 0 aliphatic carbocycles. The van der Waals surface area contributed by atoms with E-state index in [9.17, 15) is 18.5 Å². The van der Waals surface area contributed by atoms with Crippen molar-refractivity contribution in [2.75, 3.05) is 26.2 Å². The van der Waals surface area contributed by atoms with E-state index in [1.807, 2.05) is 24.3 Å². The summed E-state index contributed by atoms with van der Waals surface area (Å²) in [5, 5.41) is 11.4. The van der Waals surface area contributed by atoms with Crippen molar-refractivity contribution in [3.05, 3.63) is 69.2 Å². The number of halogens is 1. The second-order valence-electron chi connectivity index (χ2n) is 6.17. The maximum atomic E-state index is 12.7. The number of nitrogens with one attached hydrogen (secondary N) is 1. The van der Waals surface area contributed by atoms with Crippen LogP contribution in [-0.2, 0) is 16.6 Å². The highest BCUT2D eigenvalue weighted by Crippen LogP contribution is 2.19. The summed E-state index contributed by atoms with van der Waals surface area (Å²) in [4.78, 5) is 11.5. The van der Waals surface area contributed by atoms with Crippen LogP contribution in [0.15, 0.2) is 53.4 Å². The average Bonchev–Trinajstić information content (AvgIpc) is 2.64. The molecular weight excluding hydrogens is 378 g/mol. The summed E-state index contributed by atoms with van der Waals surface area (Å²) in [5.74, 6) is 0. The SMILES string of the molecule is O=[N+]([O-])c1ccc(S(=O)(=O)N2CC[NH+](Cc3ccccc3Cl)CC2)cc1. The number of hydrogen-bond donors (Lipinski definition) is 1. The third-order valence-corrected chi connectivity index (χ3v) is 6.79. The molecule has 1 aliphatic heterocycles. The molecule has 0 bridgehead atoms. The van der Waals surface area contributed by atoms with Crippen LogP contribution in [0.3, 0.4) is 0 Å². The number of nitro benzene ring substituents is 1. The Morgan fingerprint density at radius 2 is 1.69 bits per heavy atom. The largest absolute Gasteiger partial charge is 0.329 e.